The maximum absolute atomic E-state index is 13.0. The zero-order valence-electron chi connectivity index (χ0n) is 18.4. The second-order valence-electron chi connectivity index (χ2n) is 7.36. The van der Waals surface area contributed by atoms with Gasteiger partial charge in [-0.25, -0.2) is 0 Å². The minimum atomic E-state index is -0.0242. The van der Waals surface area contributed by atoms with E-state index >= 15 is 0 Å². The summed E-state index contributed by atoms with van der Waals surface area (Å²) in [5.41, 5.74) is 3.32. The smallest absolute Gasteiger partial charge is 0.247 e. The molecule has 1 aliphatic rings. The lowest BCUT2D eigenvalue weighted by Crippen LogP contribution is -2.37. The third-order valence-corrected chi connectivity index (χ3v) is 4.83. The Hall–Kier alpha value is -3.07. The molecular formula is C27H33NO2. The highest BCUT2D eigenvalue weighted by molar-refractivity contribution is 5.92. The lowest BCUT2D eigenvalue weighted by atomic mass is 10.1. The van der Waals surface area contributed by atoms with Gasteiger partial charge in [-0.2, -0.15) is 0 Å². The largest absolute Gasteiger partial charge is 0.493 e. The number of allylic oxidation sites excluding steroid dienone is 7. The zero-order valence-corrected chi connectivity index (χ0v) is 18.4. The van der Waals surface area contributed by atoms with Crippen molar-refractivity contribution in [1.29, 1.82) is 0 Å². The Morgan fingerprint density at radius 3 is 2.87 bits per heavy atom. The van der Waals surface area contributed by atoms with Crippen molar-refractivity contribution in [3.05, 3.63) is 96.2 Å². The summed E-state index contributed by atoms with van der Waals surface area (Å²) in [6.07, 6.45) is 21.2. The molecule has 2 rings (SSSR count). The van der Waals surface area contributed by atoms with Gasteiger partial charge in [0.2, 0.25) is 5.91 Å². The highest BCUT2D eigenvalue weighted by Gasteiger charge is 2.16. The molecule has 0 unspecified atom stereocenters. The van der Waals surface area contributed by atoms with Crippen LogP contribution in [0, 0.1) is 0 Å². The van der Waals surface area contributed by atoms with Gasteiger partial charge < -0.3 is 9.64 Å². The van der Waals surface area contributed by atoms with Crippen LogP contribution in [0.25, 0.3) is 6.08 Å². The first-order valence-corrected chi connectivity index (χ1v) is 10.6. The molecular weight excluding hydrogens is 370 g/mol. The van der Waals surface area contributed by atoms with Crippen LogP contribution in [-0.4, -0.2) is 30.0 Å². The second kappa shape index (κ2) is 12.5. The molecule has 0 aliphatic carbocycles. The summed E-state index contributed by atoms with van der Waals surface area (Å²) >= 11 is 0. The van der Waals surface area contributed by atoms with Crippen molar-refractivity contribution < 1.29 is 9.53 Å². The zero-order chi connectivity index (χ0) is 21.8. The van der Waals surface area contributed by atoms with Crippen molar-refractivity contribution in [2.24, 2.45) is 0 Å². The van der Waals surface area contributed by atoms with E-state index in [4.69, 9.17) is 4.74 Å². The van der Waals surface area contributed by atoms with Gasteiger partial charge in [0, 0.05) is 25.1 Å². The standard InChI is InChI=1S/C27H33NO2/c1-5-7-9-11-13-23(4)28(21-22(3)12-10-8-6-2)27(29)17-15-24-14-16-26-25(20-24)18-19-30-26/h6-17,20,23H,2,5,18-19,21H2,1,3-4H3/b9-7-,10-8-,13-11-,17-15+,22-12+/t23-/m0/s1. The summed E-state index contributed by atoms with van der Waals surface area (Å²) in [6.45, 7) is 11.2. The van der Waals surface area contributed by atoms with Gasteiger partial charge in [0.1, 0.15) is 5.75 Å². The van der Waals surface area contributed by atoms with Gasteiger partial charge in [-0.3, -0.25) is 4.79 Å². The minimum absolute atomic E-state index is 0.0104. The lowest BCUT2D eigenvalue weighted by molar-refractivity contribution is -0.126. The third-order valence-electron chi connectivity index (χ3n) is 4.83. The van der Waals surface area contributed by atoms with E-state index in [0.29, 0.717) is 6.54 Å². The average Bonchev–Trinajstić information content (AvgIpc) is 3.21. The van der Waals surface area contributed by atoms with E-state index in [2.05, 4.69) is 31.7 Å². The Kier molecular flexibility index (Phi) is 9.66. The van der Waals surface area contributed by atoms with Crippen LogP contribution in [0.15, 0.2) is 85.0 Å². The molecule has 0 saturated carbocycles. The lowest BCUT2D eigenvalue weighted by Gasteiger charge is -2.26. The molecule has 1 aliphatic heterocycles. The van der Waals surface area contributed by atoms with E-state index in [1.54, 1.807) is 12.2 Å². The predicted octanol–water partition coefficient (Wildman–Crippen LogP) is 6.06. The third kappa shape index (κ3) is 7.40. The molecule has 1 aromatic rings. The van der Waals surface area contributed by atoms with Crippen LogP contribution in [0.4, 0.5) is 0 Å². The van der Waals surface area contributed by atoms with Crippen molar-refractivity contribution in [2.75, 3.05) is 13.2 Å². The van der Waals surface area contributed by atoms with Crippen molar-refractivity contribution in [3.63, 3.8) is 0 Å². The number of hydrogen-bond donors (Lipinski definition) is 0. The van der Waals surface area contributed by atoms with Crippen LogP contribution < -0.4 is 4.74 Å². The summed E-state index contributed by atoms with van der Waals surface area (Å²) in [5.74, 6) is 0.941. The minimum Gasteiger partial charge on any atom is -0.493 e. The number of fused-ring (bicyclic) bond motifs is 1. The van der Waals surface area contributed by atoms with Crippen LogP contribution in [0.1, 0.15) is 38.3 Å². The monoisotopic (exact) mass is 403 g/mol. The molecule has 158 valence electrons. The number of amides is 1. The number of benzene rings is 1. The van der Waals surface area contributed by atoms with E-state index in [1.165, 1.54) is 5.56 Å². The molecule has 1 atom stereocenters. The molecule has 30 heavy (non-hydrogen) atoms. The normalized spacial score (nSPS) is 15.2. The fourth-order valence-electron chi connectivity index (χ4n) is 3.16. The van der Waals surface area contributed by atoms with Crippen LogP contribution in [-0.2, 0) is 11.2 Å². The first kappa shape index (κ1) is 23.2. The number of carbonyl (C=O) groups is 1. The van der Waals surface area contributed by atoms with Crippen molar-refractivity contribution >= 4 is 12.0 Å². The molecule has 0 bridgehead atoms. The van der Waals surface area contributed by atoms with E-state index in [0.717, 1.165) is 36.3 Å². The van der Waals surface area contributed by atoms with Gasteiger partial charge in [0.15, 0.2) is 0 Å². The summed E-state index contributed by atoms with van der Waals surface area (Å²) in [5, 5.41) is 0. The Morgan fingerprint density at radius 1 is 1.27 bits per heavy atom. The molecule has 0 radical (unpaired) electrons. The van der Waals surface area contributed by atoms with Crippen LogP contribution >= 0.6 is 0 Å². The van der Waals surface area contributed by atoms with Crippen LogP contribution in [0.2, 0.25) is 0 Å². The topological polar surface area (TPSA) is 29.5 Å². The fraction of sp³-hybridized carbons (Fsp3) is 0.296. The van der Waals surface area contributed by atoms with Crippen molar-refractivity contribution in [1.82, 2.24) is 4.90 Å². The highest BCUT2D eigenvalue weighted by Crippen LogP contribution is 2.26. The second-order valence-corrected chi connectivity index (χ2v) is 7.36. The van der Waals surface area contributed by atoms with Gasteiger partial charge in [0.05, 0.1) is 6.61 Å². The van der Waals surface area contributed by atoms with Crippen molar-refractivity contribution in [3.8, 4) is 5.75 Å². The highest BCUT2D eigenvalue weighted by atomic mass is 16.5. The quantitative estimate of drug-likeness (QED) is 0.351. The van der Waals surface area contributed by atoms with Gasteiger partial charge >= 0.3 is 0 Å². The molecule has 1 aromatic carbocycles. The molecule has 3 nitrogen and oxygen atoms in total. The maximum Gasteiger partial charge on any atom is 0.247 e. The predicted molar refractivity (Wildman–Crippen MR) is 128 cm³/mol. The maximum atomic E-state index is 13.0. The Bertz CT molecular complexity index is 871. The average molecular weight is 404 g/mol. The van der Waals surface area contributed by atoms with Crippen LogP contribution in [0.3, 0.4) is 0 Å². The molecule has 1 heterocycles. The summed E-state index contributed by atoms with van der Waals surface area (Å²) in [6, 6.07) is 6.04. The van der Waals surface area contributed by atoms with E-state index < -0.39 is 0 Å². The Morgan fingerprint density at radius 2 is 2.10 bits per heavy atom. The summed E-state index contributed by atoms with van der Waals surface area (Å²) < 4.78 is 5.56. The Labute approximate surface area is 181 Å². The Balaban J connectivity index is 2.16. The number of rotatable bonds is 10. The van der Waals surface area contributed by atoms with Gasteiger partial charge in [-0.15, -0.1) is 0 Å². The SMILES string of the molecule is C=C/C=C\C=C(/C)CN(C(=O)/C=C/c1ccc2c(c1)CCO2)[C@@H](C)/C=C\C=C/CC. The molecule has 0 fully saturated rings. The molecule has 0 aromatic heterocycles. The van der Waals surface area contributed by atoms with Gasteiger partial charge in [0.25, 0.3) is 0 Å². The van der Waals surface area contributed by atoms with Gasteiger partial charge in [-0.1, -0.05) is 73.8 Å². The van der Waals surface area contributed by atoms with Crippen LogP contribution in [0.5, 0.6) is 5.75 Å². The number of nitrogens with zero attached hydrogens (tertiary/aromatic N) is 1. The molecule has 0 saturated heterocycles. The number of carbonyl (C=O) groups excluding carboxylic acids is 1. The summed E-state index contributed by atoms with van der Waals surface area (Å²) in [4.78, 5) is 14.9. The molecule has 3 heteroatoms. The van der Waals surface area contributed by atoms with Gasteiger partial charge in [-0.05, 0) is 49.6 Å². The molecule has 0 N–H and O–H groups in total. The first-order chi connectivity index (χ1) is 14.5. The number of ether oxygens (including phenoxy) is 1. The van der Waals surface area contributed by atoms with E-state index in [1.807, 2.05) is 67.3 Å². The molecule has 1 amide bonds. The van der Waals surface area contributed by atoms with Crippen molar-refractivity contribution in [2.45, 2.75) is 39.7 Å². The van der Waals surface area contributed by atoms with E-state index in [9.17, 15) is 4.79 Å². The van der Waals surface area contributed by atoms with E-state index in [-0.39, 0.29) is 11.9 Å². The number of hydrogen-bond acceptors (Lipinski definition) is 2. The summed E-state index contributed by atoms with van der Waals surface area (Å²) in [7, 11) is 0. The first-order valence-electron chi connectivity index (χ1n) is 10.6. The fourth-order valence-corrected chi connectivity index (χ4v) is 3.16. The molecule has 0 spiro atoms.